The molecular formula is C19H23N3O8S2. The number of benzene rings is 2. The van der Waals surface area contributed by atoms with E-state index in [-0.39, 0.29) is 45.6 Å². The van der Waals surface area contributed by atoms with Crippen LogP contribution in [-0.2, 0) is 24.8 Å². The molecule has 0 saturated carbocycles. The molecule has 0 aromatic heterocycles. The van der Waals surface area contributed by atoms with Crippen LogP contribution in [0.2, 0.25) is 0 Å². The minimum Gasteiger partial charge on any atom is -0.493 e. The second-order valence-corrected chi connectivity index (χ2v) is 10.3. The van der Waals surface area contributed by atoms with E-state index in [0.29, 0.717) is 13.2 Å². The number of carbonyl (C=O) groups is 1. The van der Waals surface area contributed by atoms with Crippen LogP contribution in [-0.4, -0.2) is 67.6 Å². The molecule has 0 bridgehead atoms. The topological polar surface area (TPSA) is 154 Å². The summed E-state index contributed by atoms with van der Waals surface area (Å²) in [6.45, 7) is 1.03. The molecule has 0 spiro atoms. The van der Waals surface area contributed by atoms with Crippen LogP contribution >= 0.6 is 0 Å². The van der Waals surface area contributed by atoms with Gasteiger partial charge in [0.1, 0.15) is 0 Å². The van der Waals surface area contributed by atoms with Gasteiger partial charge in [0.05, 0.1) is 48.5 Å². The molecule has 13 heteroatoms. The molecule has 32 heavy (non-hydrogen) atoms. The van der Waals surface area contributed by atoms with Gasteiger partial charge in [0, 0.05) is 19.2 Å². The molecule has 1 amide bonds. The van der Waals surface area contributed by atoms with Gasteiger partial charge in [-0.3, -0.25) is 9.52 Å². The normalized spacial score (nSPS) is 15.2. The minimum absolute atomic E-state index is 0.0395. The number of hydrogen-bond donors (Lipinski definition) is 2. The molecule has 0 atom stereocenters. The molecule has 1 saturated heterocycles. The highest BCUT2D eigenvalue weighted by Crippen LogP contribution is 2.34. The number of anilines is 1. The van der Waals surface area contributed by atoms with E-state index in [1.54, 1.807) is 0 Å². The van der Waals surface area contributed by atoms with E-state index in [2.05, 4.69) is 4.72 Å². The Balaban J connectivity index is 1.91. The van der Waals surface area contributed by atoms with Gasteiger partial charge in [-0.25, -0.2) is 16.8 Å². The molecule has 0 radical (unpaired) electrons. The van der Waals surface area contributed by atoms with Crippen molar-refractivity contribution in [3.05, 3.63) is 42.0 Å². The molecule has 1 aliphatic heterocycles. The highest BCUT2D eigenvalue weighted by Gasteiger charge is 2.27. The van der Waals surface area contributed by atoms with Crippen LogP contribution in [0, 0.1) is 0 Å². The first-order valence-corrected chi connectivity index (χ1v) is 12.3. The molecule has 0 unspecified atom stereocenters. The number of nitrogens with zero attached hydrogens (tertiary/aromatic N) is 1. The van der Waals surface area contributed by atoms with Crippen LogP contribution in [0.3, 0.4) is 0 Å². The molecule has 11 nitrogen and oxygen atoms in total. The van der Waals surface area contributed by atoms with E-state index in [4.69, 9.17) is 19.9 Å². The molecule has 3 N–H and O–H groups in total. The molecule has 1 aliphatic rings. The second-order valence-electron chi connectivity index (χ2n) is 6.71. The lowest BCUT2D eigenvalue weighted by molar-refractivity contribution is 0.0730. The summed E-state index contributed by atoms with van der Waals surface area (Å²) in [4.78, 5) is 11.6. The summed E-state index contributed by atoms with van der Waals surface area (Å²) in [5.74, 6) is -0.500. The van der Waals surface area contributed by atoms with E-state index in [1.165, 1.54) is 54.9 Å². The van der Waals surface area contributed by atoms with E-state index < -0.39 is 26.0 Å². The van der Waals surface area contributed by atoms with Gasteiger partial charge >= 0.3 is 0 Å². The number of primary amides is 1. The van der Waals surface area contributed by atoms with Gasteiger partial charge < -0.3 is 19.9 Å². The van der Waals surface area contributed by atoms with Gasteiger partial charge in [0.15, 0.2) is 11.5 Å². The van der Waals surface area contributed by atoms with Crippen molar-refractivity contribution in [2.24, 2.45) is 5.73 Å². The smallest absolute Gasteiger partial charge is 0.261 e. The lowest BCUT2D eigenvalue weighted by atomic mass is 10.1. The van der Waals surface area contributed by atoms with Crippen molar-refractivity contribution in [2.75, 3.05) is 45.2 Å². The third-order valence-corrected chi connectivity index (χ3v) is 8.07. The average Bonchev–Trinajstić information content (AvgIpc) is 2.79. The fourth-order valence-electron chi connectivity index (χ4n) is 3.10. The van der Waals surface area contributed by atoms with Gasteiger partial charge in [-0.1, -0.05) is 0 Å². The average molecular weight is 486 g/mol. The number of ether oxygens (including phenoxy) is 3. The van der Waals surface area contributed by atoms with Gasteiger partial charge in [-0.05, 0) is 30.3 Å². The standard InChI is InChI=1S/C19H23N3O8S2/c1-28-17-11-15(19(20)23)16(12-18(17)29-2)21-31(24,25)13-3-5-14(6-4-13)32(26,27)22-7-9-30-10-8-22/h3-6,11-12,21H,7-10H2,1-2H3,(H2,20,23). The summed E-state index contributed by atoms with van der Waals surface area (Å²) in [6, 6.07) is 7.29. The maximum absolute atomic E-state index is 12.9. The fraction of sp³-hybridized carbons (Fsp3) is 0.316. The number of rotatable bonds is 8. The lowest BCUT2D eigenvalue weighted by Gasteiger charge is -2.26. The van der Waals surface area contributed by atoms with E-state index in [0.717, 1.165) is 0 Å². The summed E-state index contributed by atoms with van der Waals surface area (Å²) in [6.07, 6.45) is 0. The van der Waals surface area contributed by atoms with Crippen LogP contribution < -0.4 is 19.9 Å². The van der Waals surface area contributed by atoms with Crippen LogP contribution in [0.1, 0.15) is 10.4 Å². The zero-order valence-electron chi connectivity index (χ0n) is 17.4. The Kier molecular flexibility index (Phi) is 6.93. The summed E-state index contributed by atoms with van der Waals surface area (Å²) in [5.41, 5.74) is 5.14. The summed E-state index contributed by atoms with van der Waals surface area (Å²) in [5, 5.41) is 0. The Hall–Kier alpha value is -2.87. The molecule has 1 heterocycles. The molecule has 2 aromatic rings. The summed E-state index contributed by atoms with van der Waals surface area (Å²) in [7, 11) is -5.24. The monoisotopic (exact) mass is 485 g/mol. The Morgan fingerprint density at radius 2 is 1.50 bits per heavy atom. The SMILES string of the molecule is COc1cc(NS(=O)(=O)c2ccc(S(=O)(=O)N3CCOCC3)cc2)c(C(N)=O)cc1OC. The third-order valence-electron chi connectivity index (χ3n) is 4.78. The van der Waals surface area contributed by atoms with Gasteiger partial charge in [-0.15, -0.1) is 0 Å². The number of nitrogens with one attached hydrogen (secondary N) is 1. The number of sulfonamides is 2. The number of hydrogen-bond acceptors (Lipinski definition) is 8. The predicted octanol–water partition coefficient (Wildman–Crippen LogP) is 0.624. The highest BCUT2D eigenvalue weighted by atomic mass is 32.2. The van der Waals surface area contributed by atoms with Crippen molar-refractivity contribution >= 4 is 31.6 Å². The highest BCUT2D eigenvalue weighted by molar-refractivity contribution is 7.92. The first-order valence-electron chi connectivity index (χ1n) is 9.37. The Labute approximate surface area is 186 Å². The van der Waals surface area contributed by atoms with Crippen molar-refractivity contribution in [3.8, 4) is 11.5 Å². The zero-order chi connectivity index (χ0) is 23.5. The van der Waals surface area contributed by atoms with Crippen molar-refractivity contribution in [2.45, 2.75) is 9.79 Å². The second kappa shape index (κ2) is 9.32. The quantitative estimate of drug-likeness (QED) is 0.552. The Bertz CT molecular complexity index is 1210. The van der Waals surface area contributed by atoms with E-state index >= 15 is 0 Å². The largest absolute Gasteiger partial charge is 0.493 e. The number of amides is 1. The minimum atomic E-state index is -4.18. The van der Waals surface area contributed by atoms with Crippen molar-refractivity contribution in [3.63, 3.8) is 0 Å². The van der Waals surface area contributed by atoms with Crippen LogP contribution in [0.15, 0.2) is 46.2 Å². The number of carbonyl (C=O) groups excluding carboxylic acids is 1. The molecule has 174 valence electrons. The van der Waals surface area contributed by atoms with Crippen LogP contribution in [0.25, 0.3) is 0 Å². The van der Waals surface area contributed by atoms with Gasteiger partial charge in [0.25, 0.3) is 15.9 Å². The lowest BCUT2D eigenvalue weighted by Crippen LogP contribution is -2.40. The van der Waals surface area contributed by atoms with Crippen molar-refractivity contribution in [1.82, 2.24) is 4.31 Å². The third kappa shape index (κ3) is 4.80. The summed E-state index contributed by atoms with van der Waals surface area (Å²) >= 11 is 0. The van der Waals surface area contributed by atoms with Gasteiger partial charge in [-0.2, -0.15) is 4.31 Å². The molecule has 2 aromatic carbocycles. The van der Waals surface area contributed by atoms with Gasteiger partial charge in [0.2, 0.25) is 10.0 Å². The number of methoxy groups -OCH3 is 2. The molecule has 1 fully saturated rings. The number of nitrogens with two attached hydrogens (primary N) is 1. The zero-order valence-corrected chi connectivity index (χ0v) is 19.0. The fourth-order valence-corrected chi connectivity index (χ4v) is 5.58. The Morgan fingerprint density at radius 3 is 2.03 bits per heavy atom. The number of morpholine rings is 1. The maximum atomic E-state index is 12.9. The summed E-state index contributed by atoms with van der Waals surface area (Å²) < 4.78 is 70.2. The molecule has 0 aliphatic carbocycles. The van der Waals surface area contributed by atoms with Crippen LogP contribution in [0.5, 0.6) is 11.5 Å². The van der Waals surface area contributed by atoms with Crippen molar-refractivity contribution < 1.29 is 35.8 Å². The maximum Gasteiger partial charge on any atom is 0.261 e. The first-order chi connectivity index (χ1) is 15.1. The van der Waals surface area contributed by atoms with E-state index in [1.807, 2.05) is 0 Å². The van der Waals surface area contributed by atoms with Crippen LogP contribution in [0.4, 0.5) is 5.69 Å². The molecular weight excluding hydrogens is 462 g/mol. The van der Waals surface area contributed by atoms with E-state index in [9.17, 15) is 21.6 Å². The Morgan fingerprint density at radius 1 is 0.969 bits per heavy atom. The van der Waals surface area contributed by atoms with Crippen molar-refractivity contribution in [1.29, 1.82) is 0 Å². The first kappa shape index (κ1) is 23.8. The predicted molar refractivity (Wildman–Crippen MR) is 115 cm³/mol. The molecule has 3 rings (SSSR count).